The van der Waals surface area contributed by atoms with Crippen LogP contribution in [-0.4, -0.2) is 29.0 Å². The van der Waals surface area contributed by atoms with E-state index >= 15 is 0 Å². The molecule has 2 N–H and O–H groups in total. The van der Waals surface area contributed by atoms with Gasteiger partial charge >= 0.3 is 0 Å². The van der Waals surface area contributed by atoms with Crippen LogP contribution in [0.5, 0.6) is 0 Å². The van der Waals surface area contributed by atoms with E-state index in [0.29, 0.717) is 5.69 Å². The summed E-state index contributed by atoms with van der Waals surface area (Å²) in [7, 11) is 0. The number of aryl methyl sites for hydroxylation is 1. The molecule has 1 atom stereocenters. The summed E-state index contributed by atoms with van der Waals surface area (Å²) in [5.74, 6) is -2.65. The maximum atomic E-state index is 12.5. The Morgan fingerprint density at radius 1 is 1.36 bits per heavy atom. The fraction of sp³-hybridized carbons (Fsp3) is 0.214. The quantitative estimate of drug-likeness (QED) is 0.367. The van der Waals surface area contributed by atoms with Gasteiger partial charge in [0.15, 0.2) is 11.0 Å². The van der Waals surface area contributed by atoms with Gasteiger partial charge in [-0.2, -0.15) is 5.10 Å². The monoisotopic (exact) mass is 318 g/mol. The molecule has 0 aromatic heterocycles. The lowest BCUT2D eigenvalue weighted by molar-refractivity contribution is -0.130. The van der Waals surface area contributed by atoms with Gasteiger partial charge in [-0.25, -0.2) is 5.43 Å². The summed E-state index contributed by atoms with van der Waals surface area (Å²) in [5, 5.41) is 6.06. The summed E-state index contributed by atoms with van der Waals surface area (Å²) in [6.45, 7) is 3.19. The molecular formula is C14H14N4O3S. The van der Waals surface area contributed by atoms with E-state index in [0.717, 1.165) is 11.8 Å². The maximum Gasteiger partial charge on any atom is 0.251 e. The Labute approximate surface area is 132 Å². The van der Waals surface area contributed by atoms with Crippen LogP contribution in [0.25, 0.3) is 0 Å². The fourth-order valence-electron chi connectivity index (χ4n) is 1.86. The van der Waals surface area contributed by atoms with Crippen molar-refractivity contribution in [2.75, 3.05) is 4.90 Å². The van der Waals surface area contributed by atoms with Gasteiger partial charge in [-0.15, -0.1) is 0 Å². The Morgan fingerprint density at radius 3 is 2.59 bits per heavy atom. The van der Waals surface area contributed by atoms with Gasteiger partial charge in [0, 0.05) is 13.1 Å². The third-order valence-electron chi connectivity index (χ3n) is 2.94. The van der Waals surface area contributed by atoms with Crippen molar-refractivity contribution in [2.45, 2.75) is 13.8 Å². The van der Waals surface area contributed by atoms with Crippen LogP contribution < -0.4 is 15.6 Å². The van der Waals surface area contributed by atoms with Crippen molar-refractivity contribution in [3.05, 3.63) is 29.8 Å². The van der Waals surface area contributed by atoms with Crippen molar-refractivity contribution in [3.8, 4) is 0 Å². The Kier molecular flexibility index (Phi) is 4.62. The van der Waals surface area contributed by atoms with Gasteiger partial charge in [0.1, 0.15) is 0 Å². The van der Waals surface area contributed by atoms with Crippen molar-refractivity contribution in [1.29, 1.82) is 0 Å². The van der Waals surface area contributed by atoms with Crippen LogP contribution in [0.2, 0.25) is 0 Å². The van der Waals surface area contributed by atoms with Crippen molar-refractivity contribution in [3.63, 3.8) is 0 Å². The van der Waals surface area contributed by atoms with Crippen molar-refractivity contribution in [1.82, 2.24) is 10.7 Å². The largest absolute Gasteiger partial charge is 0.301 e. The molecule has 22 heavy (non-hydrogen) atoms. The number of nitrogens with zero attached hydrogens (tertiary/aromatic N) is 2. The smallest absolute Gasteiger partial charge is 0.251 e. The number of hydrogen-bond donors (Lipinski definition) is 2. The van der Waals surface area contributed by atoms with Crippen LogP contribution in [-0.2, 0) is 14.4 Å². The van der Waals surface area contributed by atoms with Crippen molar-refractivity contribution < 1.29 is 14.4 Å². The normalized spacial score (nSPS) is 18.5. The van der Waals surface area contributed by atoms with E-state index in [9.17, 15) is 14.4 Å². The van der Waals surface area contributed by atoms with Gasteiger partial charge in [0.2, 0.25) is 11.8 Å². The highest BCUT2D eigenvalue weighted by molar-refractivity contribution is 7.80. The zero-order valence-electron chi connectivity index (χ0n) is 12.0. The highest BCUT2D eigenvalue weighted by Gasteiger charge is 2.38. The predicted molar refractivity (Wildman–Crippen MR) is 85.2 cm³/mol. The number of thiocarbonyl (C=S) groups is 1. The third-order valence-corrected chi connectivity index (χ3v) is 3.22. The van der Waals surface area contributed by atoms with Crippen LogP contribution in [0.1, 0.15) is 12.5 Å². The van der Waals surface area contributed by atoms with E-state index in [1.807, 2.05) is 19.1 Å². The van der Waals surface area contributed by atoms with Crippen LogP contribution in [0.15, 0.2) is 29.4 Å². The number of benzene rings is 1. The van der Waals surface area contributed by atoms with E-state index < -0.39 is 23.6 Å². The van der Waals surface area contributed by atoms with Gasteiger partial charge in [0.25, 0.3) is 5.91 Å². The summed E-state index contributed by atoms with van der Waals surface area (Å²) in [4.78, 5) is 36.4. The van der Waals surface area contributed by atoms with Crippen LogP contribution in [0, 0.1) is 12.8 Å². The minimum atomic E-state index is -1.15. The zero-order valence-corrected chi connectivity index (χ0v) is 12.8. The summed E-state index contributed by atoms with van der Waals surface area (Å²) in [6, 6.07) is 7.14. The molecule has 1 fully saturated rings. The fourth-order valence-corrected chi connectivity index (χ4v) is 2.16. The molecule has 1 aliphatic rings. The SMILES string of the molecule is CC(=O)N/N=C/[C@H]1C(=O)NC(=S)N(c2ccc(C)cc2)C1=O. The second kappa shape index (κ2) is 6.44. The molecule has 0 radical (unpaired) electrons. The summed E-state index contributed by atoms with van der Waals surface area (Å²) in [6.07, 6.45) is 1.09. The number of rotatable bonds is 3. The molecule has 1 aromatic carbocycles. The first-order valence-corrected chi connectivity index (χ1v) is 6.86. The standard InChI is InChI=1S/C14H14N4O3S/c1-8-3-5-10(6-4-8)18-13(21)11(7-15-17-9(2)19)12(20)16-14(18)22/h3-7,11H,1-2H3,(H,17,19)(H,16,20,22)/b15-7+/t11-/m0/s1. The van der Waals surface area contributed by atoms with E-state index in [2.05, 4.69) is 15.8 Å². The minimum Gasteiger partial charge on any atom is -0.301 e. The van der Waals surface area contributed by atoms with Gasteiger partial charge in [-0.05, 0) is 31.3 Å². The molecule has 0 saturated carbocycles. The molecule has 1 aliphatic heterocycles. The number of amides is 3. The van der Waals surface area contributed by atoms with E-state index in [4.69, 9.17) is 12.2 Å². The number of anilines is 1. The Morgan fingerprint density at radius 2 is 2.00 bits per heavy atom. The summed E-state index contributed by atoms with van der Waals surface area (Å²) in [5.41, 5.74) is 3.74. The molecule has 114 valence electrons. The first kappa shape index (κ1) is 15.8. The van der Waals surface area contributed by atoms with Gasteiger partial charge in [-0.3, -0.25) is 19.3 Å². The first-order chi connectivity index (χ1) is 10.4. The molecule has 3 amide bonds. The molecule has 0 unspecified atom stereocenters. The second-order valence-corrected chi connectivity index (χ2v) is 5.11. The Balaban J connectivity index is 2.27. The topological polar surface area (TPSA) is 90.9 Å². The number of carbonyl (C=O) groups is 3. The zero-order chi connectivity index (χ0) is 16.3. The summed E-state index contributed by atoms with van der Waals surface area (Å²) < 4.78 is 0. The molecule has 1 aromatic rings. The molecule has 1 saturated heterocycles. The third kappa shape index (κ3) is 3.34. The first-order valence-electron chi connectivity index (χ1n) is 6.45. The lowest BCUT2D eigenvalue weighted by atomic mass is 10.1. The molecule has 2 rings (SSSR count). The lowest BCUT2D eigenvalue weighted by Gasteiger charge is -2.30. The highest BCUT2D eigenvalue weighted by atomic mass is 32.1. The molecular weight excluding hydrogens is 304 g/mol. The number of nitrogens with one attached hydrogen (secondary N) is 2. The van der Waals surface area contributed by atoms with Crippen LogP contribution >= 0.6 is 12.2 Å². The molecule has 1 heterocycles. The highest BCUT2D eigenvalue weighted by Crippen LogP contribution is 2.20. The van der Waals surface area contributed by atoms with Gasteiger partial charge < -0.3 is 5.32 Å². The lowest BCUT2D eigenvalue weighted by Crippen LogP contribution is -2.58. The van der Waals surface area contributed by atoms with Crippen molar-refractivity contribution >= 4 is 47.0 Å². The maximum absolute atomic E-state index is 12.5. The molecule has 0 spiro atoms. The van der Waals surface area contributed by atoms with E-state index in [1.54, 1.807) is 12.1 Å². The molecule has 0 aliphatic carbocycles. The number of carbonyl (C=O) groups excluding carboxylic acids is 3. The predicted octanol–water partition coefficient (Wildman–Crippen LogP) is 0.481. The molecule has 7 nitrogen and oxygen atoms in total. The van der Waals surface area contributed by atoms with Gasteiger partial charge in [0.05, 0.1) is 5.69 Å². The van der Waals surface area contributed by atoms with E-state index in [-0.39, 0.29) is 5.11 Å². The van der Waals surface area contributed by atoms with Crippen LogP contribution in [0.3, 0.4) is 0 Å². The average Bonchev–Trinajstić information content (AvgIpc) is 2.44. The van der Waals surface area contributed by atoms with E-state index in [1.165, 1.54) is 11.8 Å². The molecule has 8 heteroatoms. The Bertz CT molecular complexity index is 669. The second-order valence-electron chi connectivity index (χ2n) is 4.73. The van der Waals surface area contributed by atoms with Crippen LogP contribution in [0.4, 0.5) is 5.69 Å². The van der Waals surface area contributed by atoms with Gasteiger partial charge in [-0.1, -0.05) is 17.7 Å². The Hall–Kier alpha value is -2.61. The molecule has 0 bridgehead atoms. The minimum absolute atomic E-state index is 0.0167. The number of hydrazone groups is 1. The summed E-state index contributed by atoms with van der Waals surface area (Å²) >= 11 is 5.06. The average molecular weight is 318 g/mol. The van der Waals surface area contributed by atoms with Crippen molar-refractivity contribution in [2.24, 2.45) is 11.0 Å². The number of hydrogen-bond acceptors (Lipinski definition) is 5.